The van der Waals surface area contributed by atoms with Crippen LogP contribution < -0.4 is 16.0 Å². The highest BCUT2D eigenvalue weighted by Gasteiger charge is 2.10. The Hall–Kier alpha value is -1.92. The van der Waals surface area contributed by atoms with E-state index in [4.69, 9.17) is 0 Å². The minimum atomic E-state index is -0.229. The minimum Gasteiger partial charge on any atom is -0.353 e. The van der Waals surface area contributed by atoms with E-state index in [1.807, 2.05) is 6.07 Å². The lowest BCUT2D eigenvalue weighted by Gasteiger charge is -2.27. The summed E-state index contributed by atoms with van der Waals surface area (Å²) in [6.07, 6.45) is 0. The summed E-state index contributed by atoms with van der Waals surface area (Å²) >= 11 is 0. The highest BCUT2D eigenvalue weighted by atomic mass is 16.2. The van der Waals surface area contributed by atoms with Gasteiger partial charge in [-0.05, 0) is 12.1 Å². The molecule has 0 saturated carbocycles. The Labute approximate surface area is 124 Å². The zero-order valence-electron chi connectivity index (χ0n) is 12.1. The van der Waals surface area contributed by atoms with E-state index in [9.17, 15) is 9.59 Å². The molecule has 0 unspecified atom stereocenters. The number of nitrogens with zero attached hydrogens (tertiary/aromatic N) is 1. The van der Waals surface area contributed by atoms with E-state index in [1.54, 1.807) is 24.3 Å². The van der Waals surface area contributed by atoms with Gasteiger partial charge in [0.05, 0.1) is 6.54 Å². The molecule has 21 heavy (non-hydrogen) atoms. The maximum atomic E-state index is 11.8. The van der Waals surface area contributed by atoms with Crippen molar-refractivity contribution in [1.29, 1.82) is 0 Å². The van der Waals surface area contributed by atoms with Crippen molar-refractivity contribution in [3.8, 4) is 0 Å². The van der Waals surface area contributed by atoms with Gasteiger partial charge in [0.2, 0.25) is 5.91 Å². The number of hydrogen-bond donors (Lipinski definition) is 3. The summed E-state index contributed by atoms with van der Waals surface area (Å²) in [6, 6.07) is 8.87. The molecule has 114 valence electrons. The van der Waals surface area contributed by atoms with Crippen LogP contribution in [0, 0.1) is 0 Å². The lowest BCUT2D eigenvalue weighted by atomic mass is 10.2. The van der Waals surface area contributed by atoms with Crippen LogP contribution in [0.4, 0.5) is 0 Å². The molecule has 1 fully saturated rings. The lowest BCUT2D eigenvalue weighted by molar-refractivity contribution is -0.120. The van der Waals surface area contributed by atoms with Crippen molar-refractivity contribution in [3.05, 3.63) is 35.9 Å². The monoisotopic (exact) mass is 290 g/mol. The largest absolute Gasteiger partial charge is 0.353 e. The Morgan fingerprint density at radius 3 is 2.52 bits per heavy atom. The van der Waals surface area contributed by atoms with Crippen molar-refractivity contribution >= 4 is 11.8 Å². The molecular formula is C15H22N4O2. The Kier molecular flexibility index (Phi) is 6.18. The number of nitrogens with one attached hydrogen (secondary N) is 3. The summed E-state index contributed by atoms with van der Waals surface area (Å²) < 4.78 is 0. The van der Waals surface area contributed by atoms with E-state index in [-0.39, 0.29) is 18.4 Å². The van der Waals surface area contributed by atoms with Crippen molar-refractivity contribution in [2.75, 3.05) is 45.8 Å². The maximum Gasteiger partial charge on any atom is 0.251 e. The fourth-order valence-corrected chi connectivity index (χ4v) is 2.20. The molecule has 1 aromatic carbocycles. The van der Waals surface area contributed by atoms with Crippen molar-refractivity contribution in [2.24, 2.45) is 0 Å². The van der Waals surface area contributed by atoms with E-state index >= 15 is 0 Å². The Morgan fingerprint density at radius 2 is 1.81 bits per heavy atom. The third kappa shape index (κ3) is 5.53. The molecule has 0 aromatic heterocycles. The van der Waals surface area contributed by atoms with Crippen LogP contribution in [0.2, 0.25) is 0 Å². The number of piperazine rings is 1. The Balaban J connectivity index is 1.60. The lowest BCUT2D eigenvalue weighted by Crippen LogP contribution is -2.47. The van der Waals surface area contributed by atoms with Gasteiger partial charge in [-0.25, -0.2) is 0 Å². The van der Waals surface area contributed by atoms with E-state index in [1.165, 1.54) is 0 Å². The van der Waals surface area contributed by atoms with Gasteiger partial charge in [0.1, 0.15) is 0 Å². The third-order valence-electron chi connectivity index (χ3n) is 3.41. The number of rotatable bonds is 6. The molecule has 0 atom stereocenters. The first kappa shape index (κ1) is 15.5. The van der Waals surface area contributed by atoms with Gasteiger partial charge >= 0.3 is 0 Å². The van der Waals surface area contributed by atoms with Gasteiger partial charge < -0.3 is 16.0 Å². The molecule has 1 aliphatic heterocycles. The van der Waals surface area contributed by atoms with Crippen LogP contribution in [0.15, 0.2) is 30.3 Å². The Morgan fingerprint density at radius 1 is 1.10 bits per heavy atom. The maximum absolute atomic E-state index is 11.8. The number of amides is 2. The normalized spacial score (nSPS) is 15.4. The molecular weight excluding hydrogens is 268 g/mol. The highest BCUT2D eigenvalue weighted by Crippen LogP contribution is 1.97. The molecule has 1 saturated heterocycles. The zero-order valence-corrected chi connectivity index (χ0v) is 12.1. The molecule has 2 rings (SSSR count). The van der Waals surface area contributed by atoms with Gasteiger partial charge in [0.25, 0.3) is 5.91 Å². The van der Waals surface area contributed by atoms with Gasteiger partial charge in [0, 0.05) is 44.8 Å². The predicted octanol–water partition coefficient (Wildman–Crippen LogP) is -0.562. The molecule has 1 heterocycles. The van der Waals surface area contributed by atoms with Gasteiger partial charge in [-0.15, -0.1) is 0 Å². The molecule has 0 aliphatic carbocycles. The molecule has 0 radical (unpaired) electrons. The van der Waals surface area contributed by atoms with Crippen molar-refractivity contribution < 1.29 is 9.59 Å². The summed E-state index contributed by atoms with van der Waals surface area (Å²) in [5, 5.41) is 8.72. The molecule has 6 heteroatoms. The fourth-order valence-electron chi connectivity index (χ4n) is 2.20. The summed E-state index contributed by atoms with van der Waals surface area (Å²) in [4.78, 5) is 25.7. The van der Waals surface area contributed by atoms with Gasteiger partial charge in [-0.1, -0.05) is 18.2 Å². The number of carbonyl (C=O) groups excluding carboxylic acids is 2. The second-order valence-electron chi connectivity index (χ2n) is 4.99. The summed E-state index contributed by atoms with van der Waals surface area (Å²) in [6.45, 7) is 5.50. The van der Waals surface area contributed by atoms with Gasteiger partial charge in [-0.3, -0.25) is 14.5 Å². The average Bonchev–Trinajstić information content (AvgIpc) is 2.54. The van der Waals surface area contributed by atoms with Crippen LogP contribution in [0.3, 0.4) is 0 Å². The first-order valence-electron chi connectivity index (χ1n) is 7.29. The topological polar surface area (TPSA) is 73.5 Å². The number of hydrogen-bond acceptors (Lipinski definition) is 4. The van der Waals surface area contributed by atoms with E-state index in [0.29, 0.717) is 12.1 Å². The first-order valence-corrected chi connectivity index (χ1v) is 7.29. The van der Waals surface area contributed by atoms with Crippen LogP contribution in [0.1, 0.15) is 10.4 Å². The molecule has 1 aromatic rings. The van der Waals surface area contributed by atoms with Gasteiger partial charge in [0.15, 0.2) is 0 Å². The van der Waals surface area contributed by atoms with Gasteiger partial charge in [-0.2, -0.15) is 0 Å². The molecule has 6 nitrogen and oxygen atoms in total. The zero-order chi connectivity index (χ0) is 14.9. The second kappa shape index (κ2) is 8.39. The molecule has 3 N–H and O–H groups in total. The van der Waals surface area contributed by atoms with Crippen LogP contribution in [-0.4, -0.2) is 62.5 Å². The average molecular weight is 290 g/mol. The standard InChI is InChI=1S/C15H22N4O2/c20-14(17-8-11-19-9-6-16-7-10-19)12-18-15(21)13-4-2-1-3-5-13/h1-5,16H,6-12H2,(H,17,20)(H,18,21). The quantitative estimate of drug-likeness (QED) is 0.656. The van der Waals surface area contributed by atoms with Crippen LogP contribution in [0.5, 0.6) is 0 Å². The van der Waals surface area contributed by atoms with E-state index in [0.717, 1.165) is 32.7 Å². The van der Waals surface area contributed by atoms with Crippen molar-refractivity contribution in [1.82, 2.24) is 20.9 Å². The molecule has 0 spiro atoms. The molecule has 0 bridgehead atoms. The smallest absolute Gasteiger partial charge is 0.251 e. The SMILES string of the molecule is O=C(CNC(=O)c1ccccc1)NCCN1CCNCC1. The summed E-state index contributed by atoms with van der Waals surface area (Å²) in [7, 11) is 0. The second-order valence-corrected chi connectivity index (χ2v) is 4.99. The summed E-state index contributed by atoms with van der Waals surface area (Å²) in [5.41, 5.74) is 0.561. The molecule has 1 aliphatic rings. The van der Waals surface area contributed by atoms with Crippen LogP contribution >= 0.6 is 0 Å². The minimum absolute atomic E-state index is 0.00921. The number of carbonyl (C=O) groups is 2. The molecule has 2 amide bonds. The third-order valence-corrected chi connectivity index (χ3v) is 3.41. The van der Waals surface area contributed by atoms with E-state index < -0.39 is 0 Å². The van der Waals surface area contributed by atoms with E-state index in [2.05, 4.69) is 20.9 Å². The van der Waals surface area contributed by atoms with Crippen molar-refractivity contribution in [2.45, 2.75) is 0 Å². The fraction of sp³-hybridized carbons (Fsp3) is 0.467. The summed E-state index contributed by atoms with van der Waals surface area (Å²) in [5.74, 6) is -0.387. The number of benzene rings is 1. The van der Waals surface area contributed by atoms with Crippen LogP contribution in [0.25, 0.3) is 0 Å². The first-order chi connectivity index (χ1) is 10.3. The van der Waals surface area contributed by atoms with Crippen LogP contribution in [-0.2, 0) is 4.79 Å². The highest BCUT2D eigenvalue weighted by molar-refractivity contribution is 5.96. The van der Waals surface area contributed by atoms with Crippen molar-refractivity contribution in [3.63, 3.8) is 0 Å². The Bertz CT molecular complexity index is 458. The predicted molar refractivity (Wildman–Crippen MR) is 81.1 cm³/mol.